The van der Waals surface area contributed by atoms with Gasteiger partial charge in [-0.25, -0.2) is 4.98 Å². The number of aromatic nitrogens is 1. The fourth-order valence-corrected chi connectivity index (χ4v) is 3.82. The lowest BCUT2D eigenvalue weighted by Crippen LogP contribution is -2.29. The molecule has 2 aromatic heterocycles. The van der Waals surface area contributed by atoms with E-state index in [1.54, 1.807) is 11.3 Å². The van der Waals surface area contributed by atoms with E-state index in [-0.39, 0.29) is 18.1 Å². The van der Waals surface area contributed by atoms with Gasteiger partial charge in [-0.3, -0.25) is 10.1 Å². The van der Waals surface area contributed by atoms with Crippen LogP contribution >= 0.6 is 22.7 Å². The largest absolute Gasteiger partial charge is 0.364 e. The van der Waals surface area contributed by atoms with Crippen LogP contribution in [0.5, 0.6) is 0 Å². The molecule has 0 saturated carbocycles. The van der Waals surface area contributed by atoms with Crippen molar-refractivity contribution in [1.29, 1.82) is 0 Å². The number of nitrogens with one attached hydrogen (secondary N) is 1. The summed E-state index contributed by atoms with van der Waals surface area (Å²) in [5, 5.41) is 5.45. The second-order valence-corrected chi connectivity index (χ2v) is 6.33. The molecule has 0 aromatic carbocycles. The summed E-state index contributed by atoms with van der Waals surface area (Å²) in [4.78, 5) is 16.3. The standard InChI is InChI=1S/C11H13N3O2S2/c12-5-6-1-2-8(16-6)9(15)14-11-13-7-3-4-17-10(7)18-11/h3-4,6,8H,1-2,5,12H2,(H,13,14,15)/t6-,8+/m1/s1. The monoisotopic (exact) mass is 283 g/mol. The zero-order valence-electron chi connectivity index (χ0n) is 9.59. The summed E-state index contributed by atoms with van der Waals surface area (Å²) in [6.45, 7) is 0.469. The topological polar surface area (TPSA) is 77.2 Å². The third-order valence-corrected chi connectivity index (χ3v) is 4.93. The zero-order valence-corrected chi connectivity index (χ0v) is 11.2. The van der Waals surface area contributed by atoms with E-state index in [4.69, 9.17) is 10.5 Å². The summed E-state index contributed by atoms with van der Waals surface area (Å²) in [6, 6.07) is 1.95. The Labute approximate surface area is 112 Å². The number of ether oxygens (including phenoxy) is 1. The van der Waals surface area contributed by atoms with Gasteiger partial charge in [0, 0.05) is 6.54 Å². The van der Waals surface area contributed by atoms with Gasteiger partial charge in [0.2, 0.25) is 0 Å². The van der Waals surface area contributed by atoms with E-state index >= 15 is 0 Å². The highest BCUT2D eigenvalue weighted by Gasteiger charge is 2.30. The molecule has 7 heteroatoms. The highest BCUT2D eigenvalue weighted by atomic mass is 32.2. The molecule has 18 heavy (non-hydrogen) atoms. The van der Waals surface area contributed by atoms with Gasteiger partial charge < -0.3 is 10.5 Å². The van der Waals surface area contributed by atoms with E-state index in [0.29, 0.717) is 11.7 Å². The van der Waals surface area contributed by atoms with Gasteiger partial charge in [-0.1, -0.05) is 11.3 Å². The Kier molecular flexibility index (Phi) is 3.29. The Morgan fingerprint density at radius 2 is 2.50 bits per heavy atom. The van der Waals surface area contributed by atoms with E-state index < -0.39 is 0 Å². The first kappa shape index (κ1) is 12.0. The van der Waals surface area contributed by atoms with Crippen LogP contribution in [-0.4, -0.2) is 29.6 Å². The van der Waals surface area contributed by atoms with Crippen LogP contribution in [0.15, 0.2) is 11.4 Å². The van der Waals surface area contributed by atoms with Crippen LogP contribution in [0, 0.1) is 0 Å². The second-order valence-electron chi connectivity index (χ2n) is 4.16. The van der Waals surface area contributed by atoms with Crippen molar-refractivity contribution in [3.63, 3.8) is 0 Å². The molecular weight excluding hydrogens is 270 g/mol. The van der Waals surface area contributed by atoms with Crippen LogP contribution in [0.1, 0.15) is 12.8 Å². The maximum Gasteiger partial charge on any atom is 0.255 e. The van der Waals surface area contributed by atoms with Crippen molar-refractivity contribution in [2.75, 3.05) is 11.9 Å². The quantitative estimate of drug-likeness (QED) is 0.900. The number of rotatable bonds is 3. The van der Waals surface area contributed by atoms with Crippen LogP contribution in [0.4, 0.5) is 5.13 Å². The van der Waals surface area contributed by atoms with Crippen molar-refractivity contribution in [2.24, 2.45) is 5.73 Å². The van der Waals surface area contributed by atoms with Crippen LogP contribution < -0.4 is 11.1 Å². The number of carbonyl (C=O) groups excluding carboxylic acids is 1. The molecule has 3 rings (SSSR count). The Morgan fingerprint density at radius 3 is 3.22 bits per heavy atom. The Morgan fingerprint density at radius 1 is 1.61 bits per heavy atom. The van der Waals surface area contributed by atoms with Gasteiger partial charge in [0.1, 0.15) is 10.1 Å². The molecule has 1 amide bonds. The summed E-state index contributed by atoms with van der Waals surface area (Å²) in [7, 11) is 0. The maximum atomic E-state index is 12.0. The van der Waals surface area contributed by atoms with Gasteiger partial charge in [-0.05, 0) is 24.3 Å². The van der Waals surface area contributed by atoms with Crippen molar-refractivity contribution < 1.29 is 9.53 Å². The van der Waals surface area contributed by atoms with Crippen LogP contribution in [0.3, 0.4) is 0 Å². The van der Waals surface area contributed by atoms with E-state index in [1.807, 2.05) is 11.4 Å². The Balaban J connectivity index is 1.66. The van der Waals surface area contributed by atoms with Crippen molar-refractivity contribution >= 4 is 43.2 Å². The predicted octanol–water partition coefficient (Wildman–Crippen LogP) is 1.80. The van der Waals surface area contributed by atoms with Crippen molar-refractivity contribution in [1.82, 2.24) is 4.98 Å². The predicted molar refractivity (Wildman–Crippen MR) is 73.1 cm³/mol. The summed E-state index contributed by atoms with van der Waals surface area (Å²) < 4.78 is 6.67. The smallest absolute Gasteiger partial charge is 0.255 e. The van der Waals surface area contributed by atoms with E-state index in [1.165, 1.54) is 11.3 Å². The number of nitrogens with two attached hydrogens (primary N) is 1. The first-order valence-corrected chi connectivity index (χ1v) is 7.46. The summed E-state index contributed by atoms with van der Waals surface area (Å²) in [5.74, 6) is -0.118. The lowest BCUT2D eigenvalue weighted by molar-refractivity contribution is -0.126. The highest BCUT2D eigenvalue weighted by molar-refractivity contribution is 7.39. The molecule has 2 atom stereocenters. The molecule has 96 valence electrons. The van der Waals surface area contributed by atoms with Gasteiger partial charge >= 0.3 is 0 Å². The average Bonchev–Trinajstić information content (AvgIpc) is 3.02. The number of nitrogens with zero attached hydrogens (tertiary/aromatic N) is 1. The van der Waals surface area contributed by atoms with Gasteiger partial charge in [0.25, 0.3) is 5.91 Å². The number of amides is 1. The molecule has 3 N–H and O–H groups in total. The van der Waals surface area contributed by atoms with E-state index in [2.05, 4.69) is 10.3 Å². The molecule has 5 nitrogen and oxygen atoms in total. The van der Waals surface area contributed by atoms with Gasteiger partial charge in [-0.15, -0.1) is 11.3 Å². The number of hydrogen-bond acceptors (Lipinski definition) is 6. The first-order valence-electron chi connectivity index (χ1n) is 5.76. The molecule has 0 aliphatic carbocycles. The molecule has 0 unspecified atom stereocenters. The molecule has 0 spiro atoms. The number of fused-ring (bicyclic) bond motifs is 1. The molecular formula is C11H13N3O2S2. The summed E-state index contributed by atoms with van der Waals surface area (Å²) in [6.07, 6.45) is 1.20. The minimum absolute atomic E-state index is 0.0144. The molecule has 2 aromatic rings. The molecule has 0 bridgehead atoms. The second kappa shape index (κ2) is 4.93. The van der Waals surface area contributed by atoms with Gasteiger partial charge in [0.15, 0.2) is 5.13 Å². The van der Waals surface area contributed by atoms with Crippen LogP contribution in [-0.2, 0) is 9.53 Å². The molecule has 1 saturated heterocycles. The highest BCUT2D eigenvalue weighted by Crippen LogP contribution is 2.30. The average molecular weight is 283 g/mol. The van der Waals surface area contributed by atoms with E-state index in [9.17, 15) is 4.79 Å². The molecule has 1 aliphatic heterocycles. The molecule has 0 radical (unpaired) electrons. The summed E-state index contributed by atoms with van der Waals surface area (Å²) >= 11 is 3.12. The van der Waals surface area contributed by atoms with Crippen molar-refractivity contribution in [3.05, 3.63) is 11.4 Å². The summed E-state index contributed by atoms with van der Waals surface area (Å²) in [5.41, 5.74) is 6.46. The third-order valence-electron chi connectivity index (χ3n) is 2.91. The number of hydrogen-bond donors (Lipinski definition) is 2. The number of carbonyl (C=O) groups is 1. The lowest BCUT2D eigenvalue weighted by Gasteiger charge is -2.10. The Hall–Kier alpha value is -1.02. The minimum atomic E-state index is -0.388. The van der Waals surface area contributed by atoms with E-state index in [0.717, 1.165) is 22.4 Å². The fraction of sp³-hybridized carbons (Fsp3) is 0.455. The molecule has 3 heterocycles. The Bertz CT molecular complexity index is 537. The lowest BCUT2D eigenvalue weighted by atomic mass is 10.2. The van der Waals surface area contributed by atoms with Crippen LogP contribution in [0.25, 0.3) is 9.53 Å². The maximum absolute atomic E-state index is 12.0. The van der Waals surface area contributed by atoms with Crippen molar-refractivity contribution in [2.45, 2.75) is 25.0 Å². The van der Waals surface area contributed by atoms with Crippen LogP contribution in [0.2, 0.25) is 0 Å². The minimum Gasteiger partial charge on any atom is -0.364 e. The molecule has 1 fully saturated rings. The fourth-order valence-electron chi connectivity index (χ4n) is 1.98. The molecule has 1 aliphatic rings. The number of thiazole rings is 1. The first-order chi connectivity index (χ1) is 8.76. The normalized spacial score (nSPS) is 23.6. The van der Waals surface area contributed by atoms with Gasteiger partial charge in [-0.2, -0.15) is 0 Å². The number of thiophene rings is 1. The van der Waals surface area contributed by atoms with Crippen molar-refractivity contribution in [3.8, 4) is 0 Å². The SMILES string of the molecule is NC[C@H]1CC[C@@H](C(=O)Nc2nc3ccsc3s2)O1. The third kappa shape index (κ3) is 2.26. The number of anilines is 1. The van der Waals surface area contributed by atoms with Gasteiger partial charge in [0.05, 0.1) is 11.6 Å². The zero-order chi connectivity index (χ0) is 12.5.